The molecule has 41 heavy (non-hydrogen) atoms. The fraction of sp³-hybridized carbons (Fsp3) is 0.353. The third kappa shape index (κ3) is 11.0. The van der Waals surface area contributed by atoms with Gasteiger partial charge in [-0.2, -0.15) is 0 Å². The van der Waals surface area contributed by atoms with Crippen molar-refractivity contribution >= 4 is 11.6 Å². The van der Waals surface area contributed by atoms with Gasteiger partial charge in [0.1, 0.15) is 0 Å². The molecule has 2 aromatic heterocycles. The molecule has 6 nitrogen and oxygen atoms in total. The van der Waals surface area contributed by atoms with E-state index in [-0.39, 0.29) is 12.1 Å². The predicted molar refractivity (Wildman–Crippen MR) is 170 cm³/mol. The first-order valence-electron chi connectivity index (χ1n) is 14.6. The molecule has 7 heteroatoms. The van der Waals surface area contributed by atoms with E-state index in [2.05, 4.69) is 87.1 Å². The number of halogens is 1. The summed E-state index contributed by atoms with van der Waals surface area (Å²) in [5.74, 6) is 0. The van der Waals surface area contributed by atoms with Gasteiger partial charge < -0.3 is 16.0 Å². The number of rotatable bonds is 17. The largest absolute Gasteiger partial charge is 0.312 e. The standard InChI is InChI=1S/C34H43ClN6/c1-27(33-10-3-5-17-39-33)37-20-22-41(23-21-38-28(2)34-11-4-6-18-40-34)26-31-14-12-30(13-15-31)25-36-19-16-29-8-7-9-32(35)24-29/h3-15,17-18,24,27-28,36-38H,16,19-23,25-26H2,1-2H3. The van der Waals surface area contributed by atoms with Gasteiger partial charge in [-0.15, -0.1) is 0 Å². The molecule has 0 bridgehead atoms. The molecule has 3 N–H and O–H groups in total. The van der Waals surface area contributed by atoms with Crippen LogP contribution in [-0.4, -0.2) is 47.6 Å². The summed E-state index contributed by atoms with van der Waals surface area (Å²) in [6.45, 7) is 10.7. The minimum atomic E-state index is 0.214. The molecule has 2 aromatic carbocycles. The Kier molecular flexibility index (Phi) is 12.8. The second-order valence-electron chi connectivity index (χ2n) is 10.5. The first-order chi connectivity index (χ1) is 20.1. The molecule has 4 aromatic rings. The number of hydrogen-bond donors (Lipinski definition) is 3. The Morgan fingerprint density at radius 3 is 1.85 bits per heavy atom. The lowest BCUT2D eigenvalue weighted by Crippen LogP contribution is -2.37. The first-order valence-corrected chi connectivity index (χ1v) is 15.0. The summed E-state index contributed by atoms with van der Waals surface area (Å²) in [5, 5.41) is 11.6. The van der Waals surface area contributed by atoms with Crippen molar-refractivity contribution in [2.75, 3.05) is 32.7 Å². The van der Waals surface area contributed by atoms with E-state index < -0.39 is 0 Å². The molecular weight excluding hydrogens is 528 g/mol. The third-order valence-corrected chi connectivity index (χ3v) is 7.49. The average Bonchev–Trinajstić information content (AvgIpc) is 3.01. The summed E-state index contributed by atoms with van der Waals surface area (Å²) < 4.78 is 0. The van der Waals surface area contributed by atoms with Gasteiger partial charge in [0, 0.05) is 68.8 Å². The van der Waals surface area contributed by atoms with Crippen LogP contribution in [0, 0.1) is 0 Å². The highest BCUT2D eigenvalue weighted by Crippen LogP contribution is 2.12. The minimum Gasteiger partial charge on any atom is -0.312 e. The van der Waals surface area contributed by atoms with Gasteiger partial charge in [0.25, 0.3) is 0 Å². The van der Waals surface area contributed by atoms with E-state index in [1.807, 2.05) is 54.9 Å². The monoisotopic (exact) mass is 570 g/mol. The molecule has 216 valence electrons. The summed E-state index contributed by atoms with van der Waals surface area (Å²) in [7, 11) is 0. The van der Waals surface area contributed by atoms with Gasteiger partial charge in [0.05, 0.1) is 11.4 Å². The van der Waals surface area contributed by atoms with Crippen LogP contribution in [-0.2, 0) is 19.5 Å². The number of benzene rings is 2. The molecule has 0 aliphatic heterocycles. The highest BCUT2D eigenvalue weighted by atomic mass is 35.5. The lowest BCUT2D eigenvalue weighted by Gasteiger charge is -2.25. The van der Waals surface area contributed by atoms with Crippen LogP contribution in [0.15, 0.2) is 97.3 Å². The third-order valence-electron chi connectivity index (χ3n) is 7.26. The maximum atomic E-state index is 6.10. The summed E-state index contributed by atoms with van der Waals surface area (Å²) in [4.78, 5) is 11.5. The maximum Gasteiger partial charge on any atom is 0.0570 e. The summed E-state index contributed by atoms with van der Waals surface area (Å²) >= 11 is 6.10. The van der Waals surface area contributed by atoms with Crippen LogP contribution in [0.25, 0.3) is 0 Å². The fourth-order valence-corrected chi connectivity index (χ4v) is 5.01. The second-order valence-corrected chi connectivity index (χ2v) is 10.9. The van der Waals surface area contributed by atoms with Gasteiger partial charge in [0.2, 0.25) is 0 Å². The molecule has 4 rings (SSSR count). The van der Waals surface area contributed by atoms with Gasteiger partial charge in [-0.1, -0.05) is 60.1 Å². The summed E-state index contributed by atoms with van der Waals surface area (Å²) in [5.41, 5.74) is 6.02. The van der Waals surface area contributed by atoms with E-state index >= 15 is 0 Å². The van der Waals surface area contributed by atoms with E-state index in [0.717, 1.165) is 68.6 Å². The van der Waals surface area contributed by atoms with Crippen molar-refractivity contribution < 1.29 is 0 Å². The van der Waals surface area contributed by atoms with Crippen molar-refractivity contribution in [2.45, 2.75) is 45.4 Å². The second kappa shape index (κ2) is 17.0. The Morgan fingerprint density at radius 1 is 0.683 bits per heavy atom. The zero-order chi connectivity index (χ0) is 28.7. The van der Waals surface area contributed by atoms with Crippen LogP contribution in [0.2, 0.25) is 5.02 Å². The highest BCUT2D eigenvalue weighted by molar-refractivity contribution is 6.30. The molecule has 0 amide bonds. The Hall–Kier alpha value is -3.13. The maximum absolute atomic E-state index is 6.10. The molecule has 2 unspecified atom stereocenters. The molecule has 0 spiro atoms. The Balaban J connectivity index is 1.26. The van der Waals surface area contributed by atoms with Crippen molar-refractivity contribution in [1.29, 1.82) is 0 Å². The number of pyridine rings is 2. The number of nitrogens with zero attached hydrogens (tertiary/aromatic N) is 3. The molecule has 0 aliphatic rings. The molecular formula is C34H43ClN6. The minimum absolute atomic E-state index is 0.214. The van der Waals surface area contributed by atoms with Crippen LogP contribution >= 0.6 is 11.6 Å². The number of nitrogens with one attached hydrogen (secondary N) is 3. The molecule has 0 saturated heterocycles. The van der Waals surface area contributed by atoms with Gasteiger partial charge in [-0.25, -0.2) is 0 Å². The average molecular weight is 571 g/mol. The van der Waals surface area contributed by atoms with E-state index in [1.54, 1.807) is 0 Å². The zero-order valence-corrected chi connectivity index (χ0v) is 25.0. The van der Waals surface area contributed by atoms with Gasteiger partial charge in [-0.05, 0) is 79.9 Å². The summed E-state index contributed by atoms with van der Waals surface area (Å²) in [6.07, 6.45) is 4.67. The van der Waals surface area contributed by atoms with Gasteiger partial charge >= 0.3 is 0 Å². The van der Waals surface area contributed by atoms with E-state index in [1.165, 1.54) is 16.7 Å². The molecule has 0 fully saturated rings. The number of hydrogen-bond acceptors (Lipinski definition) is 6. The zero-order valence-electron chi connectivity index (χ0n) is 24.3. The Bertz CT molecular complexity index is 1220. The lowest BCUT2D eigenvalue weighted by atomic mass is 10.1. The SMILES string of the molecule is CC(NCCN(CCNC(C)c1ccccn1)Cc1ccc(CNCCc2cccc(Cl)c2)cc1)c1ccccn1. The Labute approximate surface area is 250 Å². The Morgan fingerprint density at radius 2 is 1.29 bits per heavy atom. The molecule has 0 saturated carbocycles. The van der Waals surface area contributed by atoms with E-state index in [0.29, 0.717) is 0 Å². The van der Waals surface area contributed by atoms with Crippen molar-refractivity contribution in [3.05, 3.63) is 130 Å². The van der Waals surface area contributed by atoms with Crippen LogP contribution < -0.4 is 16.0 Å². The summed E-state index contributed by atoms with van der Waals surface area (Å²) in [6, 6.07) is 29.7. The quantitative estimate of drug-likeness (QED) is 0.136. The van der Waals surface area contributed by atoms with Gasteiger partial charge in [-0.3, -0.25) is 14.9 Å². The highest BCUT2D eigenvalue weighted by Gasteiger charge is 2.11. The van der Waals surface area contributed by atoms with Crippen molar-refractivity contribution in [3.8, 4) is 0 Å². The van der Waals surface area contributed by atoms with Crippen molar-refractivity contribution in [3.63, 3.8) is 0 Å². The first kappa shape index (κ1) is 30.8. The fourth-order valence-electron chi connectivity index (χ4n) is 4.80. The van der Waals surface area contributed by atoms with Crippen molar-refractivity contribution in [2.24, 2.45) is 0 Å². The van der Waals surface area contributed by atoms with Crippen LogP contribution in [0.5, 0.6) is 0 Å². The van der Waals surface area contributed by atoms with Gasteiger partial charge in [0.15, 0.2) is 0 Å². The van der Waals surface area contributed by atoms with E-state index in [9.17, 15) is 0 Å². The number of aromatic nitrogens is 2. The molecule has 2 atom stereocenters. The molecule has 0 radical (unpaired) electrons. The van der Waals surface area contributed by atoms with Crippen molar-refractivity contribution in [1.82, 2.24) is 30.8 Å². The smallest absolute Gasteiger partial charge is 0.0570 e. The van der Waals surface area contributed by atoms with Crippen LogP contribution in [0.3, 0.4) is 0 Å². The van der Waals surface area contributed by atoms with Crippen LogP contribution in [0.1, 0.15) is 54.0 Å². The lowest BCUT2D eigenvalue weighted by molar-refractivity contribution is 0.257. The molecule has 0 aliphatic carbocycles. The van der Waals surface area contributed by atoms with Crippen LogP contribution in [0.4, 0.5) is 0 Å². The normalized spacial score (nSPS) is 12.9. The topological polar surface area (TPSA) is 65.1 Å². The van der Waals surface area contributed by atoms with E-state index in [4.69, 9.17) is 11.6 Å². The molecule has 2 heterocycles. The predicted octanol–water partition coefficient (Wildman–Crippen LogP) is 5.97.